The van der Waals surface area contributed by atoms with E-state index in [0.29, 0.717) is 0 Å². The number of nitrogens with zero attached hydrogens (tertiary/aromatic N) is 3. The van der Waals surface area contributed by atoms with Crippen LogP contribution >= 0.6 is 11.3 Å². The molecule has 0 atom stereocenters. The monoisotopic (exact) mass is 731 g/mol. The van der Waals surface area contributed by atoms with Crippen LogP contribution in [0.2, 0.25) is 0 Å². The molecular weight excluding hydrogens is 699 g/mol. The van der Waals surface area contributed by atoms with Crippen molar-refractivity contribution in [3.05, 3.63) is 200 Å². The first-order valence-corrected chi connectivity index (χ1v) is 19.9. The summed E-state index contributed by atoms with van der Waals surface area (Å²) in [4.78, 5) is 2.46. The van der Waals surface area contributed by atoms with Gasteiger partial charge in [0.2, 0.25) is 0 Å². The molecule has 0 aliphatic carbocycles. The molecule has 0 fully saturated rings. The predicted octanol–water partition coefficient (Wildman–Crippen LogP) is 14.9. The SMILES string of the molecule is c1ccc(-n2c3ccccc3c3cc(N(c4ccc(-n5c6ccccc6c6ccc7ccccc7c65)cc4)c4cccc5sc6ccccc6c45)ccc32)cc1. The molecule has 12 aromatic rings. The minimum Gasteiger partial charge on any atom is -0.310 e. The van der Waals surface area contributed by atoms with Crippen LogP contribution in [0.3, 0.4) is 0 Å². The number of hydrogen-bond donors (Lipinski definition) is 0. The van der Waals surface area contributed by atoms with Crippen LogP contribution in [-0.4, -0.2) is 9.13 Å². The average Bonchev–Trinajstić information content (AvgIpc) is 3.93. The van der Waals surface area contributed by atoms with E-state index in [1.807, 2.05) is 11.3 Å². The first-order chi connectivity index (χ1) is 27.8. The van der Waals surface area contributed by atoms with Gasteiger partial charge in [-0.05, 0) is 90.3 Å². The molecule has 0 saturated heterocycles. The van der Waals surface area contributed by atoms with Gasteiger partial charge in [0.15, 0.2) is 0 Å². The maximum absolute atomic E-state index is 2.46. The number of fused-ring (bicyclic) bond motifs is 11. The summed E-state index contributed by atoms with van der Waals surface area (Å²) in [5.41, 5.74) is 10.5. The fourth-order valence-corrected chi connectivity index (χ4v) is 10.2. The van der Waals surface area contributed by atoms with Gasteiger partial charge in [0, 0.05) is 69.9 Å². The Hall–Kier alpha value is -7.14. The van der Waals surface area contributed by atoms with Gasteiger partial charge in [-0.25, -0.2) is 0 Å². The fourth-order valence-electron chi connectivity index (χ4n) is 9.07. The van der Waals surface area contributed by atoms with Crippen molar-refractivity contribution >= 4 is 103 Å². The lowest BCUT2D eigenvalue weighted by Gasteiger charge is -2.27. The molecule has 0 aliphatic rings. The third-order valence-electron chi connectivity index (χ3n) is 11.5. The number of anilines is 3. The Balaban J connectivity index is 1.10. The van der Waals surface area contributed by atoms with Crippen molar-refractivity contribution in [1.82, 2.24) is 9.13 Å². The van der Waals surface area contributed by atoms with Crippen molar-refractivity contribution in [2.24, 2.45) is 0 Å². The third-order valence-corrected chi connectivity index (χ3v) is 12.6. The van der Waals surface area contributed by atoms with E-state index < -0.39 is 0 Å². The second-order valence-corrected chi connectivity index (χ2v) is 15.6. The van der Waals surface area contributed by atoms with Crippen molar-refractivity contribution in [1.29, 1.82) is 0 Å². The highest BCUT2D eigenvalue weighted by molar-refractivity contribution is 7.26. The Morgan fingerprint density at radius 3 is 1.79 bits per heavy atom. The number of hydrogen-bond acceptors (Lipinski definition) is 2. The lowest BCUT2D eigenvalue weighted by Crippen LogP contribution is -2.10. The smallest absolute Gasteiger partial charge is 0.0619 e. The van der Waals surface area contributed by atoms with Crippen molar-refractivity contribution < 1.29 is 0 Å². The van der Waals surface area contributed by atoms with Gasteiger partial charge in [-0.2, -0.15) is 0 Å². The van der Waals surface area contributed by atoms with E-state index >= 15 is 0 Å². The Morgan fingerprint density at radius 1 is 0.357 bits per heavy atom. The summed E-state index contributed by atoms with van der Waals surface area (Å²) in [6.07, 6.45) is 0. The molecule has 0 aliphatic heterocycles. The zero-order valence-corrected chi connectivity index (χ0v) is 31.1. The van der Waals surface area contributed by atoms with E-state index in [0.717, 1.165) is 22.7 Å². The molecule has 56 heavy (non-hydrogen) atoms. The van der Waals surface area contributed by atoms with E-state index in [9.17, 15) is 0 Å². The summed E-state index contributed by atoms with van der Waals surface area (Å²) >= 11 is 1.86. The molecule has 0 saturated carbocycles. The van der Waals surface area contributed by atoms with Crippen molar-refractivity contribution in [2.75, 3.05) is 4.90 Å². The van der Waals surface area contributed by atoms with Crippen LogP contribution in [0.1, 0.15) is 0 Å². The molecule has 3 aromatic heterocycles. The minimum absolute atomic E-state index is 1.10. The van der Waals surface area contributed by atoms with Crippen molar-refractivity contribution in [2.45, 2.75) is 0 Å². The van der Waals surface area contributed by atoms with Crippen LogP contribution in [0.4, 0.5) is 17.1 Å². The van der Waals surface area contributed by atoms with E-state index in [1.165, 1.54) is 80.2 Å². The molecule has 3 heterocycles. The first-order valence-electron chi connectivity index (χ1n) is 19.1. The molecule has 0 unspecified atom stereocenters. The van der Waals surface area contributed by atoms with Crippen LogP contribution in [-0.2, 0) is 0 Å². The van der Waals surface area contributed by atoms with E-state index in [2.05, 4.69) is 214 Å². The van der Waals surface area contributed by atoms with Gasteiger partial charge < -0.3 is 14.0 Å². The molecule has 0 spiro atoms. The molecule has 262 valence electrons. The highest BCUT2D eigenvalue weighted by Crippen LogP contribution is 2.46. The van der Waals surface area contributed by atoms with Crippen LogP contribution in [0.5, 0.6) is 0 Å². The van der Waals surface area contributed by atoms with Gasteiger partial charge in [0.1, 0.15) is 0 Å². The predicted molar refractivity (Wildman–Crippen MR) is 240 cm³/mol. The number of thiophene rings is 1. The summed E-state index contributed by atoms with van der Waals surface area (Å²) < 4.78 is 7.41. The Morgan fingerprint density at radius 2 is 0.964 bits per heavy atom. The van der Waals surface area contributed by atoms with Crippen LogP contribution in [0, 0.1) is 0 Å². The quantitative estimate of drug-likeness (QED) is 0.172. The molecule has 0 bridgehead atoms. The maximum atomic E-state index is 2.46. The number of rotatable bonds is 5. The fraction of sp³-hybridized carbons (Fsp3) is 0. The largest absolute Gasteiger partial charge is 0.310 e. The van der Waals surface area contributed by atoms with Gasteiger partial charge in [-0.15, -0.1) is 11.3 Å². The van der Waals surface area contributed by atoms with Crippen LogP contribution in [0.15, 0.2) is 200 Å². The maximum Gasteiger partial charge on any atom is 0.0619 e. The highest BCUT2D eigenvalue weighted by atomic mass is 32.1. The third kappa shape index (κ3) is 4.57. The van der Waals surface area contributed by atoms with E-state index in [1.54, 1.807) is 0 Å². The van der Waals surface area contributed by atoms with Gasteiger partial charge in [0.25, 0.3) is 0 Å². The van der Waals surface area contributed by atoms with Gasteiger partial charge in [0.05, 0.1) is 27.8 Å². The zero-order chi connectivity index (χ0) is 36.7. The number of benzene rings is 9. The zero-order valence-electron chi connectivity index (χ0n) is 30.3. The Labute approximate surface area is 327 Å². The minimum atomic E-state index is 1.10. The molecule has 9 aromatic carbocycles. The summed E-state index contributed by atoms with van der Waals surface area (Å²) in [5, 5.41) is 10.0. The number of aromatic nitrogens is 2. The Bertz CT molecular complexity index is 3480. The molecule has 3 nitrogen and oxygen atoms in total. The Kier molecular flexibility index (Phi) is 6.80. The highest BCUT2D eigenvalue weighted by Gasteiger charge is 2.22. The second kappa shape index (κ2) is 12.2. The molecular formula is C52H33N3S. The topological polar surface area (TPSA) is 13.1 Å². The summed E-state index contributed by atoms with van der Waals surface area (Å²) in [7, 11) is 0. The number of para-hydroxylation sites is 3. The van der Waals surface area contributed by atoms with Crippen molar-refractivity contribution in [3.8, 4) is 11.4 Å². The second-order valence-electron chi connectivity index (χ2n) is 14.5. The molecule has 0 radical (unpaired) electrons. The average molecular weight is 732 g/mol. The standard InChI is InChI=1S/C52H33N3S/c1-2-14-35(15-3-1)54-45-20-9-7-18-41(45)44-33-38(30-32-47(44)54)53(48-22-12-24-50-51(48)43-19-8-11-23-49(43)56-50)36-26-28-37(29-27-36)55-46-21-10-6-17-40(46)42-31-25-34-13-4-5-16-39(34)52(42)55/h1-33H. The van der Waals surface area contributed by atoms with Crippen LogP contribution in [0.25, 0.3) is 85.9 Å². The molecule has 12 rings (SSSR count). The summed E-state index contributed by atoms with van der Waals surface area (Å²) in [6.45, 7) is 0. The van der Waals surface area contributed by atoms with Gasteiger partial charge >= 0.3 is 0 Å². The van der Waals surface area contributed by atoms with Gasteiger partial charge in [-0.3, -0.25) is 0 Å². The van der Waals surface area contributed by atoms with E-state index in [-0.39, 0.29) is 0 Å². The first kappa shape index (κ1) is 31.2. The molecule has 0 amide bonds. The van der Waals surface area contributed by atoms with Crippen molar-refractivity contribution in [3.63, 3.8) is 0 Å². The molecule has 0 N–H and O–H groups in total. The van der Waals surface area contributed by atoms with Gasteiger partial charge in [-0.1, -0.05) is 115 Å². The lowest BCUT2D eigenvalue weighted by atomic mass is 10.1. The summed E-state index contributed by atoms with van der Waals surface area (Å²) in [5.74, 6) is 0. The lowest BCUT2D eigenvalue weighted by molar-refractivity contribution is 1.18. The summed E-state index contributed by atoms with van der Waals surface area (Å²) in [6, 6.07) is 73.2. The van der Waals surface area contributed by atoms with E-state index in [4.69, 9.17) is 0 Å². The van der Waals surface area contributed by atoms with Crippen LogP contribution < -0.4 is 4.90 Å². The molecule has 4 heteroatoms. The normalized spacial score (nSPS) is 11.9.